The number of carbonyl (C=O) groups is 2. The van der Waals surface area contributed by atoms with Crippen LogP contribution in [0.4, 0.5) is 22.1 Å². The lowest BCUT2D eigenvalue weighted by molar-refractivity contribution is 0.00732. The Labute approximate surface area is 242 Å². The van der Waals surface area contributed by atoms with E-state index < -0.39 is 11.7 Å². The number of pyridine rings is 2. The number of methoxy groups -OCH3 is 1. The van der Waals surface area contributed by atoms with Gasteiger partial charge in [-0.3, -0.25) is 24.0 Å². The molecule has 1 aliphatic carbocycles. The highest BCUT2D eigenvalue weighted by Crippen LogP contribution is 2.26. The number of carbonyl (C=O) groups excluding carboxylic acids is 2. The van der Waals surface area contributed by atoms with Crippen molar-refractivity contribution < 1.29 is 19.1 Å². The van der Waals surface area contributed by atoms with E-state index in [2.05, 4.69) is 25.7 Å². The van der Waals surface area contributed by atoms with E-state index in [1.54, 1.807) is 64.5 Å². The summed E-state index contributed by atoms with van der Waals surface area (Å²) in [6.45, 7) is 7.16. The zero-order chi connectivity index (χ0) is 30.2. The molecule has 4 heterocycles. The van der Waals surface area contributed by atoms with Gasteiger partial charge in [-0.05, 0) is 64.8 Å². The molecule has 2 N–H and O–H groups in total. The van der Waals surface area contributed by atoms with Gasteiger partial charge >= 0.3 is 6.09 Å². The van der Waals surface area contributed by atoms with E-state index in [-0.39, 0.29) is 52.1 Å². The average Bonchev–Trinajstić information content (AvgIpc) is 3.35. The fraction of sp³-hybridized carbons (Fsp3) is 0.379. The standard InChI is InChI=1S/C29H34N8O5/c1-17-9-10-18(15-30-17)36-13-7-8-21(27(36)39)32-23-14-24(35(5)28(40)42-29(2,3)4)37-25(34-23)19(16-31-37)26(38)33-20-11-12-22(20)41-6/h7-10,13-16,20,22H,11-12H2,1-6H3,(H,32,34)(H,33,38)/t20?,22-/m0/s1. The number of rotatable bonds is 7. The average molecular weight is 575 g/mol. The van der Waals surface area contributed by atoms with E-state index in [1.165, 1.54) is 27.2 Å². The fourth-order valence-electron chi connectivity index (χ4n) is 4.53. The summed E-state index contributed by atoms with van der Waals surface area (Å²) < 4.78 is 13.8. The Morgan fingerprint density at radius 1 is 1.14 bits per heavy atom. The topological polar surface area (TPSA) is 145 Å². The van der Waals surface area contributed by atoms with Crippen molar-refractivity contribution in [2.45, 2.75) is 58.3 Å². The maximum atomic E-state index is 13.4. The second-order valence-electron chi connectivity index (χ2n) is 11.1. The van der Waals surface area contributed by atoms with Crippen LogP contribution in [0, 0.1) is 6.92 Å². The SMILES string of the molecule is CO[C@H]1CCC1NC(=O)c1cnn2c(N(C)C(=O)OC(C)(C)C)cc(Nc3cccn(-c4ccc(C)nc4)c3=O)nc12. The summed E-state index contributed by atoms with van der Waals surface area (Å²) in [5.41, 5.74) is 0.969. The number of amides is 2. The minimum absolute atomic E-state index is 0.0566. The number of fused-ring (bicyclic) bond motifs is 1. The van der Waals surface area contributed by atoms with Gasteiger partial charge in [-0.1, -0.05) is 0 Å². The third kappa shape index (κ3) is 5.81. The molecule has 1 aliphatic rings. The molecule has 0 spiro atoms. The molecule has 2 amide bonds. The summed E-state index contributed by atoms with van der Waals surface area (Å²) in [4.78, 5) is 49.9. The molecule has 0 aliphatic heterocycles. The van der Waals surface area contributed by atoms with E-state index in [4.69, 9.17) is 9.47 Å². The molecule has 13 nitrogen and oxygen atoms in total. The third-order valence-corrected chi connectivity index (χ3v) is 6.92. The maximum Gasteiger partial charge on any atom is 0.415 e. The van der Waals surface area contributed by atoms with Gasteiger partial charge in [0.15, 0.2) is 5.65 Å². The number of hydrogen-bond donors (Lipinski definition) is 2. The van der Waals surface area contributed by atoms with Crippen LogP contribution >= 0.6 is 0 Å². The lowest BCUT2D eigenvalue weighted by Crippen LogP contribution is -2.51. The molecule has 42 heavy (non-hydrogen) atoms. The summed E-state index contributed by atoms with van der Waals surface area (Å²) in [5, 5.41) is 10.4. The fourth-order valence-corrected chi connectivity index (χ4v) is 4.53. The molecule has 1 unspecified atom stereocenters. The summed E-state index contributed by atoms with van der Waals surface area (Å²) in [5.74, 6) is 0.118. The van der Waals surface area contributed by atoms with Crippen LogP contribution in [-0.4, -0.2) is 68.1 Å². The Morgan fingerprint density at radius 3 is 2.57 bits per heavy atom. The lowest BCUT2D eigenvalue weighted by Gasteiger charge is -2.35. The molecule has 0 radical (unpaired) electrons. The van der Waals surface area contributed by atoms with E-state index in [0.717, 1.165) is 18.5 Å². The van der Waals surface area contributed by atoms with Crippen LogP contribution < -0.4 is 21.1 Å². The number of nitrogens with zero attached hydrogens (tertiary/aromatic N) is 6. The van der Waals surface area contributed by atoms with Crippen molar-refractivity contribution in [2.24, 2.45) is 0 Å². The highest BCUT2D eigenvalue weighted by Gasteiger charge is 2.33. The van der Waals surface area contributed by atoms with Crippen LogP contribution in [0.15, 0.2) is 53.7 Å². The first-order valence-corrected chi connectivity index (χ1v) is 13.6. The van der Waals surface area contributed by atoms with E-state index in [9.17, 15) is 14.4 Å². The molecule has 4 aromatic heterocycles. The van der Waals surface area contributed by atoms with Crippen LogP contribution in [0.5, 0.6) is 0 Å². The molecule has 5 rings (SSSR count). The highest BCUT2D eigenvalue weighted by molar-refractivity contribution is 6.00. The van der Waals surface area contributed by atoms with Gasteiger partial charge in [-0.2, -0.15) is 9.61 Å². The molecule has 1 saturated carbocycles. The van der Waals surface area contributed by atoms with Crippen molar-refractivity contribution in [3.05, 3.63) is 70.5 Å². The van der Waals surface area contributed by atoms with Gasteiger partial charge < -0.3 is 20.1 Å². The molecule has 13 heteroatoms. The molecule has 1 fully saturated rings. The van der Waals surface area contributed by atoms with Crippen LogP contribution in [0.3, 0.4) is 0 Å². The monoisotopic (exact) mass is 574 g/mol. The van der Waals surface area contributed by atoms with Crippen LogP contribution in [-0.2, 0) is 9.47 Å². The minimum Gasteiger partial charge on any atom is -0.443 e. The molecule has 220 valence electrons. The first-order valence-electron chi connectivity index (χ1n) is 13.6. The molecule has 4 aromatic rings. The normalized spacial score (nSPS) is 16.5. The number of nitrogens with one attached hydrogen (secondary N) is 2. The number of aryl methyl sites for hydroxylation is 1. The van der Waals surface area contributed by atoms with Gasteiger partial charge in [-0.25, -0.2) is 9.78 Å². The van der Waals surface area contributed by atoms with Gasteiger partial charge in [0.2, 0.25) is 0 Å². The van der Waals surface area contributed by atoms with E-state index in [1.807, 2.05) is 13.0 Å². The molecule has 0 bridgehead atoms. The summed E-state index contributed by atoms with van der Waals surface area (Å²) in [6.07, 6.45) is 5.63. The van der Waals surface area contributed by atoms with E-state index >= 15 is 0 Å². The summed E-state index contributed by atoms with van der Waals surface area (Å²) in [6, 6.07) is 8.40. The zero-order valence-electron chi connectivity index (χ0n) is 24.4. The summed E-state index contributed by atoms with van der Waals surface area (Å²) in [7, 11) is 3.15. The van der Waals surface area contributed by atoms with Gasteiger partial charge in [0, 0.05) is 32.1 Å². The Balaban J connectivity index is 1.55. The highest BCUT2D eigenvalue weighted by atomic mass is 16.6. The number of anilines is 3. The third-order valence-electron chi connectivity index (χ3n) is 6.92. The van der Waals surface area contributed by atoms with Gasteiger partial charge in [0.1, 0.15) is 28.5 Å². The Morgan fingerprint density at radius 2 is 1.93 bits per heavy atom. The van der Waals surface area contributed by atoms with Gasteiger partial charge in [0.25, 0.3) is 11.5 Å². The number of aromatic nitrogens is 5. The number of ether oxygens (including phenoxy) is 2. The molecular weight excluding hydrogens is 540 g/mol. The molecule has 0 saturated heterocycles. The van der Waals surface area contributed by atoms with Gasteiger partial charge in [0.05, 0.1) is 30.2 Å². The second kappa shape index (κ2) is 11.2. The van der Waals surface area contributed by atoms with Crippen molar-refractivity contribution in [3.8, 4) is 5.69 Å². The van der Waals surface area contributed by atoms with E-state index in [0.29, 0.717) is 5.69 Å². The zero-order valence-corrected chi connectivity index (χ0v) is 24.4. The van der Waals surface area contributed by atoms with Crippen LogP contribution in [0.25, 0.3) is 11.3 Å². The summed E-state index contributed by atoms with van der Waals surface area (Å²) >= 11 is 0. The predicted molar refractivity (Wildman–Crippen MR) is 157 cm³/mol. The van der Waals surface area contributed by atoms with Crippen molar-refractivity contribution in [3.63, 3.8) is 0 Å². The Hall–Kier alpha value is -4.78. The van der Waals surface area contributed by atoms with Crippen LogP contribution in [0.2, 0.25) is 0 Å². The molecule has 0 aromatic carbocycles. The predicted octanol–water partition coefficient (Wildman–Crippen LogP) is 3.61. The maximum absolute atomic E-state index is 13.4. The first kappa shape index (κ1) is 28.7. The number of hydrogen-bond acceptors (Lipinski definition) is 9. The lowest BCUT2D eigenvalue weighted by atomic mass is 9.89. The second-order valence-corrected chi connectivity index (χ2v) is 11.1. The quantitative estimate of drug-likeness (QED) is 0.338. The molecule has 2 atom stereocenters. The van der Waals surface area contributed by atoms with Crippen molar-refractivity contribution in [1.82, 2.24) is 29.5 Å². The molecular formula is C29H34N8O5. The van der Waals surface area contributed by atoms with Crippen molar-refractivity contribution in [2.75, 3.05) is 24.4 Å². The Bertz CT molecular complexity index is 1690. The largest absolute Gasteiger partial charge is 0.443 e. The Kier molecular flexibility index (Phi) is 7.69. The smallest absolute Gasteiger partial charge is 0.415 e. The van der Waals surface area contributed by atoms with Crippen molar-refractivity contribution >= 4 is 35.0 Å². The van der Waals surface area contributed by atoms with Crippen LogP contribution in [0.1, 0.15) is 49.7 Å². The van der Waals surface area contributed by atoms with Crippen molar-refractivity contribution in [1.29, 1.82) is 0 Å². The van der Waals surface area contributed by atoms with Gasteiger partial charge in [-0.15, -0.1) is 0 Å². The minimum atomic E-state index is -0.742. The first-order chi connectivity index (χ1) is 19.9.